The van der Waals surface area contributed by atoms with E-state index in [-0.39, 0.29) is 11.4 Å². The lowest BCUT2D eigenvalue weighted by molar-refractivity contribution is 0.470. The number of nitrogens with zero attached hydrogens (tertiary/aromatic N) is 3. The van der Waals surface area contributed by atoms with E-state index < -0.39 is 0 Å². The molecule has 0 radical (unpaired) electrons. The quantitative estimate of drug-likeness (QED) is 0.662. The molecular weight excluding hydrogens is 154 g/mol. The van der Waals surface area contributed by atoms with Gasteiger partial charge in [-0.1, -0.05) is 0 Å². The fraction of sp³-hybridized carbons (Fsp3) is 0.250. The molecule has 4 nitrogen and oxygen atoms in total. The van der Waals surface area contributed by atoms with Gasteiger partial charge >= 0.3 is 0 Å². The molecule has 0 saturated carbocycles. The lowest BCUT2D eigenvalue weighted by Gasteiger charge is -2.10. The van der Waals surface area contributed by atoms with Crippen molar-refractivity contribution in [3.63, 3.8) is 0 Å². The Morgan fingerprint density at radius 1 is 1.50 bits per heavy atom. The van der Waals surface area contributed by atoms with Gasteiger partial charge < -0.3 is 10.0 Å². The minimum Gasteiger partial charge on any atom is -0.505 e. The molecule has 0 spiro atoms. The maximum absolute atomic E-state index is 9.11. The third kappa shape index (κ3) is 1.45. The molecular formula is C8H9N3O. The van der Waals surface area contributed by atoms with E-state index in [4.69, 9.17) is 10.4 Å². The van der Waals surface area contributed by atoms with Gasteiger partial charge in [0.1, 0.15) is 11.9 Å². The molecule has 0 unspecified atom stereocenters. The Morgan fingerprint density at radius 3 is 2.67 bits per heavy atom. The van der Waals surface area contributed by atoms with Crippen molar-refractivity contribution >= 4 is 5.82 Å². The van der Waals surface area contributed by atoms with E-state index in [1.165, 1.54) is 6.07 Å². The fourth-order valence-electron chi connectivity index (χ4n) is 0.773. The van der Waals surface area contributed by atoms with Crippen LogP contribution in [0.4, 0.5) is 5.82 Å². The zero-order chi connectivity index (χ0) is 9.14. The number of pyridine rings is 1. The summed E-state index contributed by atoms with van der Waals surface area (Å²) < 4.78 is 0. The highest BCUT2D eigenvalue weighted by atomic mass is 16.3. The standard InChI is InChI=1S/C8H9N3O/c1-11(2)8-4-3-7(12)6(5-9)10-8/h3-4,12H,1-2H3. The summed E-state index contributed by atoms with van der Waals surface area (Å²) in [4.78, 5) is 5.67. The van der Waals surface area contributed by atoms with Crippen molar-refractivity contribution in [1.82, 2.24) is 4.98 Å². The van der Waals surface area contributed by atoms with E-state index in [9.17, 15) is 0 Å². The Morgan fingerprint density at radius 2 is 2.17 bits per heavy atom. The maximum Gasteiger partial charge on any atom is 0.184 e. The summed E-state index contributed by atoms with van der Waals surface area (Å²) in [7, 11) is 3.64. The number of aromatic hydroxyl groups is 1. The smallest absolute Gasteiger partial charge is 0.184 e. The average molecular weight is 163 g/mol. The highest BCUT2D eigenvalue weighted by Crippen LogP contribution is 2.17. The van der Waals surface area contributed by atoms with Crippen LogP contribution in [0.1, 0.15) is 5.69 Å². The van der Waals surface area contributed by atoms with Crippen molar-refractivity contribution in [1.29, 1.82) is 5.26 Å². The van der Waals surface area contributed by atoms with Crippen molar-refractivity contribution in [2.75, 3.05) is 19.0 Å². The van der Waals surface area contributed by atoms with Gasteiger partial charge in [-0.25, -0.2) is 4.98 Å². The number of anilines is 1. The Balaban J connectivity index is 3.16. The van der Waals surface area contributed by atoms with Crippen LogP contribution in [0.2, 0.25) is 0 Å². The van der Waals surface area contributed by atoms with Crippen LogP contribution in [0.3, 0.4) is 0 Å². The summed E-state index contributed by atoms with van der Waals surface area (Å²) in [6, 6.07) is 4.91. The molecule has 0 fully saturated rings. The molecule has 1 N–H and O–H groups in total. The molecule has 0 aromatic carbocycles. The van der Waals surface area contributed by atoms with Gasteiger partial charge in [-0.15, -0.1) is 0 Å². The van der Waals surface area contributed by atoms with Crippen molar-refractivity contribution in [2.45, 2.75) is 0 Å². The SMILES string of the molecule is CN(C)c1ccc(O)c(C#N)n1. The van der Waals surface area contributed by atoms with Crippen LogP contribution in [-0.2, 0) is 0 Å². The van der Waals surface area contributed by atoms with Gasteiger partial charge in [0.05, 0.1) is 0 Å². The van der Waals surface area contributed by atoms with E-state index >= 15 is 0 Å². The Kier molecular flexibility index (Phi) is 2.15. The number of hydrogen-bond acceptors (Lipinski definition) is 4. The van der Waals surface area contributed by atoms with E-state index in [1.807, 2.05) is 14.1 Å². The van der Waals surface area contributed by atoms with Crippen molar-refractivity contribution < 1.29 is 5.11 Å². The summed E-state index contributed by atoms with van der Waals surface area (Å²) in [5.74, 6) is 0.576. The molecule has 0 aliphatic heterocycles. The number of hydrogen-bond donors (Lipinski definition) is 1. The van der Waals surface area contributed by atoms with Crippen LogP contribution in [0.25, 0.3) is 0 Å². The first-order valence-electron chi connectivity index (χ1n) is 3.42. The van der Waals surface area contributed by atoms with Crippen LogP contribution >= 0.6 is 0 Å². The summed E-state index contributed by atoms with van der Waals surface area (Å²) >= 11 is 0. The van der Waals surface area contributed by atoms with Crippen LogP contribution in [0.15, 0.2) is 12.1 Å². The molecule has 0 bridgehead atoms. The van der Waals surface area contributed by atoms with Gasteiger partial charge in [-0.05, 0) is 12.1 Å². The summed E-state index contributed by atoms with van der Waals surface area (Å²) in [5, 5.41) is 17.6. The topological polar surface area (TPSA) is 60.1 Å². The summed E-state index contributed by atoms with van der Waals surface area (Å²) in [6.45, 7) is 0. The van der Waals surface area contributed by atoms with Crippen LogP contribution in [-0.4, -0.2) is 24.2 Å². The third-order valence-electron chi connectivity index (χ3n) is 1.42. The van der Waals surface area contributed by atoms with E-state index in [0.29, 0.717) is 5.82 Å². The predicted molar refractivity (Wildman–Crippen MR) is 44.9 cm³/mol. The fourth-order valence-corrected chi connectivity index (χ4v) is 0.773. The third-order valence-corrected chi connectivity index (χ3v) is 1.42. The Labute approximate surface area is 70.7 Å². The highest BCUT2D eigenvalue weighted by Gasteiger charge is 2.03. The predicted octanol–water partition coefficient (Wildman–Crippen LogP) is 0.725. The van der Waals surface area contributed by atoms with Gasteiger partial charge in [0.25, 0.3) is 0 Å². The first-order valence-corrected chi connectivity index (χ1v) is 3.42. The molecule has 0 aliphatic carbocycles. The number of nitriles is 1. The minimum atomic E-state index is -0.0805. The van der Waals surface area contributed by atoms with Gasteiger partial charge in [-0.2, -0.15) is 5.26 Å². The zero-order valence-electron chi connectivity index (χ0n) is 6.94. The normalized spacial score (nSPS) is 9.08. The molecule has 0 saturated heterocycles. The largest absolute Gasteiger partial charge is 0.505 e. The van der Waals surface area contributed by atoms with E-state index in [0.717, 1.165) is 0 Å². The minimum absolute atomic E-state index is 0.0567. The van der Waals surface area contributed by atoms with E-state index in [1.54, 1.807) is 17.0 Å². The average Bonchev–Trinajstić information content (AvgIpc) is 2.05. The zero-order valence-corrected chi connectivity index (χ0v) is 6.94. The molecule has 0 atom stereocenters. The van der Waals surface area contributed by atoms with Gasteiger partial charge in [0, 0.05) is 14.1 Å². The number of aromatic nitrogens is 1. The van der Waals surface area contributed by atoms with Crippen molar-refractivity contribution in [2.24, 2.45) is 0 Å². The van der Waals surface area contributed by atoms with Crippen molar-refractivity contribution in [3.8, 4) is 11.8 Å². The maximum atomic E-state index is 9.11. The lowest BCUT2D eigenvalue weighted by Crippen LogP contribution is -2.10. The second-order valence-electron chi connectivity index (χ2n) is 2.54. The molecule has 1 heterocycles. The van der Waals surface area contributed by atoms with E-state index in [2.05, 4.69) is 4.98 Å². The van der Waals surface area contributed by atoms with Gasteiger partial charge in [0.15, 0.2) is 11.4 Å². The molecule has 1 aromatic heterocycles. The first kappa shape index (κ1) is 8.34. The van der Waals surface area contributed by atoms with Crippen LogP contribution in [0.5, 0.6) is 5.75 Å². The second kappa shape index (κ2) is 3.09. The lowest BCUT2D eigenvalue weighted by atomic mass is 10.3. The summed E-state index contributed by atoms with van der Waals surface area (Å²) in [5.41, 5.74) is 0.0567. The first-order chi connectivity index (χ1) is 5.65. The molecule has 62 valence electrons. The molecule has 12 heavy (non-hydrogen) atoms. The molecule has 4 heteroatoms. The Hall–Kier alpha value is -1.76. The highest BCUT2D eigenvalue weighted by molar-refractivity contribution is 5.46. The van der Waals surface area contributed by atoms with Crippen LogP contribution < -0.4 is 4.90 Å². The van der Waals surface area contributed by atoms with Crippen LogP contribution in [0, 0.1) is 11.3 Å². The molecule has 1 aromatic rings. The Bertz CT molecular complexity index is 328. The molecule has 1 rings (SSSR count). The monoisotopic (exact) mass is 163 g/mol. The van der Waals surface area contributed by atoms with Gasteiger partial charge in [-0.3, -0.25) is 0 Å². The molecule has 0 amide bonds. The second-order valence-corrected chi connectivity index (χ2v) is 2.54. The van der Waals surface area contributed by atoms with Crippen molar-refractivity contribution in [3.05, 3.63) is 17.8 Å². The van der Waals surface area contributed by atoms with Gasteiger partial charge in [0.2, 0.25) is 0 Å². The number of rotatable bonds is 1. The summed E-state index contributed by atoms with van der Waals surface area (Å²) in [6.07, 6.45) is 0. The molecule has 0 aliphatic rings.